The summed E-state index contributed by atoms with van der Waals surface area (Å²) in [7, 11) is 0. The fraction of sp³-hybridized carbons (Fsp3) is 0.125. The molecule has 0 bridgehead atoms. The molecule has 138 valence electrons. The standard InChI is InChI=1S/C24H19NO3/c1-15-9-11-16(12-10-15)13-14-21(26)25-20-8-4-7-19-22(20)24(28)18-6-3-2-5-17(18)23(19)27/h2-12H,13-14H2,1H3,(H,25,26). The minimum atomic E-state index is -0.236. The Labute approximate surface area is 163 Å². The van der Waals surface area contributed by atoms with Crippen molar-refractivity contribution in [1.29, 1.82) is 0 Å². The Morgan fingerprint density at radius 2 is 1.43 bits per heavy atom. The second-order valence-corrected chi connectivity index (χ2v) is 6.97. The Morgan fingerprint density at radius 3 is 2.14 bits per heavy atom. The molecule has 0 spiro atoms. The lowest BCUT2D eigenvalue weighted by atomic mass is 9.83. The highest BCUT2D eigenvalue weighted by Crippen LogP contribution is 2.32. The van der Waals surface area contributed by atoms with Crippen molar-refractivity contribution < 1.29 is 14.4 Å². The van der Waals surface area contributed by atoms with E-state index < -0.39 is 0 Å². The Kier molecular flexibility index (Phi) is 4.62. The zero-order valence-electron chi connectivity index (χ0n) is 15.5. The topological polar surface area (TPSA) is 63.2 Å². The molecule has 0 aliphatic heterocycles. The number of hydrogen-bond donors (Lipinski definition) is 1. The average Bonchev–Trinajstić information content (AvgIpc) is 2.71. The molecule has 0 fully saturated rings. The Bertz CT molecular complexity index is 1100. The third-order valence-electron chi connectivity index (χ3n) is 4.99. The summed E-state index contributed by atoms with van der Waals surface area (Å²) in [6, 6.07) is 19.8. The van der Waals surface area contributed by atoms with Crippen LogP contribution in [0.4, 0.5) is 5.69 Å². The third kappa shape index (κ3) is 3.25. The highest BCUT2D eigenvalue weighted by Gasteiger charge is 2.31. The number of anilines is 1. The van der Waals surface area contributed by atoms with Gasteiger partial charge < -0.3 is 5.32 Å². The largest absolute Gasteiger partial charge is 0.325 e. The maximum atomic E-state index is 13.0. The molecule has 0 heterocycles. The van der Waals surface area contributed by atoms with Crippen LogP contribution >= 0.6 is 0 Å². The lowest BCUT2D eigenvalue weighted by molar-refractivity contribution is -0.116. The summed E-state index contributed by atoms with van der Waals surface area (Å²) in [6.45, 7) is 2.02. The van der Waals surface area contributed by atoms with Crippen LogP contribution in [-0.2, 0) is 11.2 Å². The van der Waals surface area contributed by atoms with Crippen LogP contribution in [0.15, 0.2) is 66.7 Å². The van der Waals surface area contributed by atoms with Gasteiger partial charge in [0.05, 0.1) is 11.3 Å². The van der Waals surface area contributed by atoms with Crippen LogP contribution in [0.5, 0.6) is 0 Å². The van der Waals surface area contributed by atoms with Gasteiger partial charge >= 0.3 is 0 Å². The van der Waals surface area contributed by atoms with Crippen LogP contribution in [0.3, 0.4) is 0 Å². The molecule has 4 rings (SSSR count). The fourth-order valence-electron chi connectivity index (χ4n) is 3.47. The number of benzene rings is 3. The Balaban J connectivity index is 1.56. The van der Waals surface area contributed by atoms with Gasteiger partial charge in [-0.15, -0.1) is 0 Å². The van der Waals surface area contributed by atoms with E-state index in [4.69, 9.17) is 0 Å². The molecule has 3 aromatic rings. The van der Waals surface area contributed by atoms with Gasteiger partial charge in [0.1, 0.15) is 0 Å². The van der Waals surface area contributed by atoms with Crippen molar-refractivity contribution in [2.24, 2.45) is 0 Å². The van der Waals surface area contributed by atoms with Crippen molar-refractivity contribution >= 4 is 23.2 Å². The van der Waals surface area contributed by atoms with Crippen molar-refractivity contribution in [3.63, 3.8) is 0 Å². The molecule has 28 heavy (non-hydrogen) atoms. The van der Waals surface area contributed by atoms with E-state index in [-0.39, 0.29) is 23.0 Å². The SMILES string of the molecule is Cc1ccc(CCC(=O)Nc2cccc3c2C(=O)c2ccccc2C3=O)cc1. The highest BCUT2D eigenvalue weighted by molar-refractivity contribution is 6.30. The van der Waals surface area contributed by atoms with Gasteiger partial charge in [-0.1, -0.05) is 66.2 Å². The first kappa shape index (κ1) is 17.9. The summed E-state index contributed by atoms with van der Waals surface area (Å²) >= 11 is 0. The molecule has 0 radical (unpaired) electrons. The van der Waals surface area contributed by atoms with Gasteiger partial charge in [0, 0.05) is 23.1 Å². The van der Waals surface area contributed by atoms with Crippen LogP contribution in [0.25, 0.3) is 0 Å². The van der Waals surface area contributed by atoms with Crippen molar-refractivity contribution in [3.05, 3.63) is 100 Å². The highest BCUT2D eigenvalue weighted by atomic mass is 16.2. The summed E-state index contributed by atoms with van der Waals surface area (Å²) in [5.41, 5.74) is 4.03. The molecular weight excluding hydrogens is 350 g/mol. The number of amides is 1. The molecule has 1 amide bonds. The third-order valence-corrected chi connectivity index (χ3v) is 4.99. The molecule has 0 saturated carbocycles. The molecule has 0 atom stereocenters. The van der Waals surface area contributed by atoms with E-state index in [1.165, 1.54) is 5.56 Å². The normalized spacial score (nSPS) is 12.3. The van der Waals surface area contributed by atoms with Crippen molar-refractivity contribution in [1.82, 2.24) is 0 Å². The second kappa shape index (κ2) is 7.24. The van der Waals surface area contributed by atoms with Crippen molar-refractivity contribution in [2.75, 3.05) is 5.32 Å². The van der Waals surface area contributed by atoms with Crippen molar-refractivity contribution in [2.45, 2.75) is 19.8 Å². The van der Waals surface area contributed by atoms with Crippen LogP contribution in [0.1, 0.15) is 49.4 Å². The van der Waals surface area contributed by atoms with Gasteiger partial charge in [-0.25, -0.2) is 0 Å². The monoisotopic (exact) mass is 369 g/mol. The Morgan fingerprint density at radius 1 is 0.786 bits per heavy atom. The maximum Gasteiger partial charge on any atom is 0.224 e. The second-order valence-electron chi connectivity index (χ2n) is 6.97. The summed E-state index contributed by atoms with van der Waals surface area (Å²) in [5.74, 6) is -0.617. The molecule has 1 N–H and O–H groups in total. The molecule has 4 heteroatoms. The zero-order chi connectivity index (χ0) is 19.7. The molecule has 0 aromatic heterocycles. The average molecular weight is 369 g/mol. The summed E-state index contributed by atoms with van der Waals surface area (Å²) in [6.07, 6.45) is 0.905. The minimum Gasteiger partial charge on any atom is -0.325 e. The number of carbonyl (C=O) groups is 3. The minimum absolute atomic E-state index is 0.187. The number of carbonyl (C=O) groups excluding carboxylic acids is 3. The number of rotatable bonds is 4. The predicted molar refractivity (Wildman–Crippen MR) is 108 cm³/mol. The van der Waals surface area contributed by atoms with Gasteiger partial charge in [-0.05, 0) is 25.0 Å². The van der Waals surface area contributed by atoms with E-state index in [0.29, 0.717) is 35.2 Å². The summed E-state index contributed by atoms with van der Waals surface area (Å²) in [4.78, 5) is 38.2. The smallest absolute Gasteiger partial charge is 0.224 e. The molecule has 1 aliphatic carbocycles. The first-order valence-electron chi connectivity index (χ1n) is 9.21. The number of ketones is 2. The van der Waals surface area contributed by atoms with Crippen molar-refractivity contribution in [3.8, 4) is 0 Å². The Hall–Kier alpha value is -3.53. The number of aryl methyl sites for hydroxylation is 2. The first-order valence-corrected chi connectivity index (χ1v) is 9.21. The number of fused-ring (bicyclic) bond motifs is 2. The molecule has 0 unspecified atom stereocenters. The van der Waals surface area contributed by atoms with E-state index in [0.717, 1.165) is 5.56 Å². The molecule has 4 nitrogen and oxygen atoms in total. The van der Waals surface area contributed by atoms with Crippen LogP contribution < -0.4 is 5.32 Å². The van der Waals surface area contributed by atoms with Gasteiger partial charge in [0.25, 0.3) is 0 Å². The quantitative estimate of drug-likeness (QED) is 0.582. The molecule has 0 saturated heterocycles. The maximum absolute atomic E-state index is 13.0. The fourth-order valence-corrected chi connectivity index (χ4v) is 3.47. The van der Waals surface area contributed by atoms with Crippen LogP contribution in [-0.4, -0.2) is 17.5 Å². The van der Waals surface area contributed by atoms with E-state index in [1.54, 1.807) is 42.5 Å². The molecule has 1 aliphatic rings. The van der Waals surface area contributed by atoms with E-state index >= 15 is 0 Å². The summed E-state index contributed by atoms with van der Waals surface area (Å²) in [5, 5.41) is 2.82. The zero-order valence-corrected chi connectivity index (χ0v) is 15.5. The van der Waals surface area contributed by atoms with E-state index in [1.807, 2.05) is 31.2 Å². The van der Waals surface area contributed by atoms with E-state index in [2.05, 4.69) is 5.32 Å². The summed E-state index contributed by atoms with van der Waals surface area (Å²) < 4.78 is 0. The van der Waals surface area contributed by atoms with Gasteiger partial charge in [-0.2, -0.15) is 0 Å². The molecular formula is C24H19NO3. The van der Waals surface area contributed by atoms with E-state index in [9.17, 15) is 14.4 Å². The first-order chi connectivity index (χ1) is 13.5. The predicted octanol–water partition coefficient (Wildman–Crippen LogP) is 4.34. The van der Waals surface area contributed by atoms with Gasteiger partial charge in [-0.3, -0.25) is 14.4 Å². The van der Waals surface area contributed by atoms with Gasteiger partial charge in [0.2, 0.25) is 5.91 Å². The van der Waals surface area contributed by atoms with Gasteiger partial charge in [0.15, 0.2) is 11.6 Å². The van der Waals surface area contributed by atoms with Crippen LogP contribution in [0.2, 0.25) is 0 Å². The lowest BCUT2D eigenvalue weighted by Gasteiger charge is -2.20. The lowest BCUT2D eigenvalue weighted by Crippen LogP contribution is -2.24. The molecule has 3 aromatic carbocycles. The van der Waals surface area contributed by atoms with Crippen LogP contribution in [0, 0.1) is 6.92 Å². The number of hydrogen-bond acceptors (Lipinski definition) is 3. The number of nitrogens with one attached hydrogen (secondary N) is 1.